The predicted octanol–water partition coefficient (Wildman–Crippen LogP) is 3.13. The number of rotatable bonds is 4. The van der Waals surface area contributed by atoms with Crippen molar-refractivity contribution in [2.45, 2.75) is 65.2 Å². The van der Waals surface area contributed by atoms with Crippen molar-refractivity contribution in [2.24, 2.45) is 11.3 Å². The summed E-state index contributed by atoms with van der Waals surface area (Å²) in [7, 11) is 0. The first-order chi connectivity index (χ1) is 10.6. The first-order valence-corrected chi connectivity index (χ1v) is 8.65. The van der Waals surface area contributed by atoms with Gasteiger partial charge in [-0.05, 0) is 31.6 Å². The van der Waals surface area contributed by atoms with Gasteiger partial charge in [-0.2, -0.15) is 4.98 Å². The minimum Gasteiger partial charge on any atom is -0.342 e. The lowest BCUT2D eigenvalue weighted by atomic mass is 9.74. The van der Waals surface area contributed by atoms with Gasteiger partial charge >= 0.3 is 0 Å². The molecule has 1 atom stereocenters. The van der Waals surface area contributed by atoms with Gasteiger partial charge in [0, 0.05) is 31.8 Å². The molecule has 0 N–H and O–H groups in total. The van der Waals surface area contributed by atoms with Crippen molar-refractivity contribution >= 4 is 5.91 Å². The largest absolute Gasteiger partial charge is 0.342 e. The summed E-state index contributed by atoms with van der Waals surface area (Å²) in [5.74, 6) is 2.39. The lowest BCUT2D eigenvalue weighted by Gasteiger charge is -2.35. The molecular weight excluding hydrogens is 278 g/mol. The standard InChI is InChI=1S/C17H27N3O2/c1-13-18-15(19-22-13)7-6-14-8-11-20(12-14)16(21)17(2)9-4-3-5-10-17/h14H,3-12H2,1-2H3. The monoisotopic (exact) mass is 305 g/mol. The average Bonchev–Trinajstić information content (AvgIpc) is 3.14. The molecule has 1 saturated carbocycles. The van der Waals surface area contributed by atoms with Crippen LogP contribution in [0.4, 0.5) is 0 Å². The number of hydrogen-bond acceptors (Lipinski definition) is 4. The van der Waals surface area contributed by atoms with Gasteiger partial charge in [-0.1, -0.05) is 31.3 Å². The highest BCUT2D eigenvalue weighted by Gasteiger charge is 2.39. The van der Waals surface area contributed by atoms with E-state index < -0.39 is 0 Å². The van der Waals surface area contributed by atoms with E-state index in [1.54, 1.807) is 0 Å². The normalized spacial score (nSPS) is 24.6. The van der Waals surface area contributed by atoms with Crippen LogP contribution in [0.1, 0.15) is 63.6 Å². The number of aromatic nitrogens is 2. The molecule has 0 radical (unpaired) electrons. The van der Waals surface area contributed by atoms with Crippen LogP contribution in [0.25, 0.3) is 0 Å². The summed E-state index contributed by atoms with van der Waals surface area (Å²) >= 11 is 0. The van der Waals surface area contributed by atoms with Gasteiger partial charge in [0.25, 0.3) is 0 Å². The molecule has 2 aliphatic rings. The first-order valence-electron chi connectivity index (χ1n) is 8.65. The predicted molar refractivity (Wildman–Crippen MR) is 83.2 cm³/mol. The molecule has 1 amide bonds. The van der Waals surface area contributed by atoms with Gasteiger partial charge in [-0.25, -0.2) is 0 Å². The Balaban J connectivity index is 1.50. The number of aryl methyl sites for hydroxylation is 2. The van der Waals surface area contributed by atoms with Crippen LogP contribution >= 0.6 is 0 Å². The summed E-state index contributed by atoms with van der Waals surface area (Å²) < 4.78 is 5.01. The lowest BCUT2D eigenvalue weighted by Crippen LogP contribution is -2.42. The van der Waals surface area contributed by atoms with E-state index >= 15 is 0 Å². The minimum absolute atomic E-state index is 0.0993. The third-order valence-corrected chi connectivity index (χ3v) is 5.39. The van der Waals surface area contributed by atoms with Crippen LogP contribution in [-0.2, 0) is 11.2 Å². The fourth-order valence-electron chi connectivity index (χ4n) is 3.96. The number of likely N-dealkylation sites (tertiary alicyclic amines) is 1. The molecule has 22 heavy (non-hydrogen) atoms. The van der Waals surface area contributed by atoms with Gasteiger partial charge in [0.15, 0.2) is 5.82 Å². The molecule has 1 aliphatic heterocycles. The average molecular weight is 305 g/mol. The number of hydrogen-bond donors (Lipinski definition) is 0. The molecular formula is C17H27N3O2. The molecule has 1 aromatic rings. The zero-order chi connectivity index (χ0) is 15.6. The molecule has 2 heterocycles. The van der Waals surface area contributed by atoms with Gasteiger partial charge in [-0.15, -0.1) is 0 Å². The Kier molecular flexibility index (Phi) is 4.50. The Morgan fingerprint density at radius 1 is 1.36 bits per heavy atom. The van der Waals surface area contributed by atoms with Crippen molar-refractivity contribution in [2.75, 3.05) is 13.1 Å². The smallest absolute Gasteiger partial charge is 0.228 e. The van der Waals surface area contributed by atoms with Gasteiger partial charge in [-0.3, -0.25) is 4.79 Å². The molecule has 3 rings (SSSR count). The summed E-state index contributed by atoms with van der Waals surface area (Å²) in [5, 5.41) is 3.95. The van der Waals surface area contributed by atoms with Crippen LogP contribution in [0.15, 0.2) is 4.52 Å². The highest BCUT2D eigenvalue weighted by Crippen LogP contribution is 2.38. The van der Waals surface area contributed by atoms with Crippen LogP contribution in [-0.4, -0.2) is 34.0 Å². The van der Waals surface area contributed by atoms with Crippen molar-refractivity contribution in [3.05, 3.63) is 11.7 Å². The van der Waals surface area contributed by atoms with E-state index in [1.165, 1.54) is 19.3 Å². The van der Waals surface area contributed by atoms with Crippen molar-refractivity contribution in [3.63, 3.8) is 0 Å². The number of amides is 1. The summed E-state index contributed by atoms with van der Waals surface area (Å²) in [5.41, 5.74) is -0.0993. The Morgan fingerprint density at radius 2 is 2.14 bits per heavy atom. The first kappa shape index (κ1) is 15.5. The van der Waals surface area contributed by atoms with Crippen LogP contribution in [0.2, 0.25) is 0 Å². The van der Waals surface area contributed by atoms with Crippen molar-refractivity contribution in [1.82, 2.24) is 15.0 Å². The topological polar surface area (TPSA) is 59.2 Å². The fourth-order valence-corrected chi connectivity index (χ4v) is 3.96. The second-order valence-electron chi connectivity index (χ2n) is 7.30. The van der Waals surface area contributed by atoms with Crippen LogP contribution < -0.4 is 0 Å². The van der Waals surface area contributed by atoms with Crippen LogP contribution in [0.3, 0.4) is 0 Å². The Bertz CT molecular complexity index is 520. The summed E-state index contributed by atoms with van der Waals surface area (Å²) in [6.07, 6.45) is 8.83. The second-order valence-corrected chi connectivity index (χ2v) is 7.30. The second kappa shape index (κ2) is 6.39. The van der Waals surface area contributed by atoms with Crippen molar-refractivity contribution in [3.8, 4) is 0 Å². The van der Waals surface area contributed by atoms with E-state index in [0.29, 0.717) is 17.7 Å². The highest BCUT2D eigenvalue weighted by atomic mass is 16.5. The van der Waals surface area contributed by atoms with E-state index in [2.05, 4.69) is 22.0 Å². The molecule has 0 aromatic carbocycles. The SMILES string of the molecule is Cc1nc(CCC2CCN(C(=O)C3(C)CCCCC3)C2)no1. The molecule has 2 fully saturated rings. The Labute approximate surface area is 132 Å². The maximum atomic E-state index is 12.8. The molecule has 1 aliphatic carbocycles. The van der Waals surface area contributed by atoms with E-state index in [1.807, 2.05) is 6.92 Å². The number of carbonyl (C=O) groups excluding carboxylic acids is 1. The molecule has 5 nitrogen and oxygen atoms in total. The molecule has 0 bridgehead atoms. The zero-order valence-electron chi connectivity index (χ0n) is 13.8. The van der Waals surface area contributed by atoms with E-state index in [4.69, 9.17) is 4.52 Å². The Hall–Kier alpha value is -1.39. The summed E-state index contributed by atoms with van der Waals surface area (Å²) in [4.78, 5) is 19.2. The van der Waals surface area contributed by atoms with Crippen molar-refractivity contribution in [1.29, 1.82) is 0 Å². The van der Waals surface area contributed by atoms with Crippen LogP contribution in [0.5, 0.6) is 0 Å². The Morgan fingerprint density at radius 3 is 2.82 bits per heavy atom. The third kappa shape index (κ3) is 3.33. The zero-order valence-corrected chi connectivity index (χ0v) is 13.8. The van der Waals surface area contributed by atoms with E-state index in [9.17, 15) is 4.79 Å². The molecule has 122 valence electrons. The quantitative estimate of drug-likeness (QED) is 0.857. The summed E-state index contributed by atoms with van der Waals surface area (Å²) in [6, 6.07) is 0. The maximum absolute atomic E-state index is 12.8. The van der Waals surface area contributed by atoms with E-state index in [-0.39, 0.29) is 5.41 Å². The molecule has 1 unspecified atom stereocenters. The maximum Gasteiger partial charge on any atom is 0.228 e. The van der Waals surface area contributed by atoms with Gasteiger partial charge in [0.05, 0.1) is 0 Å². The molecule has 5 heteroatoms. The third-order valence-electron chi connectivity index (χ3n) is 5.39. The number of carbonyl (C=O) groups is 1. The highest BCUT2D eigenvalue weighted by molar-refractivity contribution is 5.82. The molecule has 0 spiro atoms. The lowest BCUT2D eigenvalue weighted by molar-refractivity contribution is -0.142. The molecule has 1 saturated heterocycles. The van der Waals surface area contributed by atoms with Gasteiger partial charge in [0.1, 0.15) is 0 Å². The van der Waals surface area contributed by atoms with Gasteiger partial charge in [0.2, 0.25) is 11.8 Å². The summed E-state index contributed by atoms with van der Waals surface area (Å²) in [6.45, 7) is 5.82. The van der Waals surface area contributed by atoms with Gasteiger partial charge < -0.3 is 9.42 Å². The van der Waals surface area contributed by atoms with Crippen LogP contribution in [0, 0.1) is 18.3 Å². The number of nitrogens with zero attached hydrogens (tertiary/aromatic N) is 3. The van der Waals surface area contributed by atoms with Crippen molar-refractivity contribution < 1.29 is 9.32 Å². The fraction of sp³-hybridized carbons (Fsp3) is 0.824. The molecule has 1 aromatic heterocycles. The van der Waals surface area contributed by atoms with E-state index in [0.717, 1.165) is 51.0 Å². The minimum atomic E-state index is -0.0993.